The second-order valence-corrected chi connectivity index (χ2v) is 7.70. The molecule has 1 unspecified atom stereocenters. The van der Waals surface area contributed by atoms with Gasteiger partial charge in [-0.05, 0) is 60.7 Å². The highest BCUT2D eigenvalue weighted by molar-refractivity contribution is 7.80. The van der Waals surface area contributed by atoms with Crippen LogP contribution in [0.15, 0.2) is 79.1 Å². The van der Waals surface area contributed by atoms with Crippen molar-refractivity contribution in [3.05, 3.63) is 84.7 Å². The van der Waals surface area contributed by atoms with Crippen LogP contribution in [0.2, 0.25) is 0 Å². The number of carbonyl (C=O) groups excluding carboxylic acids is 3. The van der Waals surface area contributed by atoms with E-state index >= 15 is 0 Å². The maximum absolute atomic E-state index is 13.2. The quantitative estimate of drug-likeness (QED) is 0.529. The number of pyridine rings is 1. The molecule has 1 fully saturated rings. The summed E-state index contributed by atoms with van der Waals surface area (Å²) in [6.45, 7) is 0. The fraction of sp³-hybridized carbons (Fsp3) is 0.125. The highest BCUT2D eigenvalue weighted by atomic mass is 32.1. The number of amides is 3. The highest BCUT2D eigenvalue weighted by Gasteiger charge is 2.41. The van der Waals surface area contributed by atoms with Crippen molar-refractivity contribution >= 4 is 46.4 Å². The number of rotatable bonds is 6. The topological polar surface area (TPSA) is 104 Å². The van der Waals surface area contributed by atoms with Crippen LogP contribution in [0.25, 0.3) is 0 Å². The van der Waals surface area contributed by atoms with E-state index in [0.717, 1.165) is 0 Å². The van der Waals surface area contributed by atoms with E-state index in [2.05, 4.69) is 15.7 Å². The van der Waals surface area contributed by atoms with Gasteiger partial charge in [0, 0.05) is 23.6 Å². The third-order valence-electron chi connectivity index (χ3n) is 5.17. The molecule has 10 heteroatoms. The number of para-hydroxylation sites is 1. The molecule has 9 nitrogen and oxygen atoms in total. The summed E-state index contributed by atoms with van der Waals surface area (Å²) in [6, 6.07) is 17.6. The Bertz CT molecular complexity index is 1210. The molecule has 34 heavy (non-hydrogen) atoms. The molecule has 0 aliphatic carbocycles. The summed E-state index contributed by atoms with van der Waals surface area (Å²) >= 11 is 5.58. The van der Waals surface area contributed by atoms with Gasteiger partial charge in [-0.2, -0.15) is 0 Å². The van der Waals surface area contributed by atoms with E-state index in [-0.39, 0.29) is 17.4 Å². The van der Waals surface area contributed by atoms with Crippen LogP contribution in [-0.2, 0) is 9.59 Å². The standard InChI is InChI=1S/C24H21N5O4S/c1-33-19-9-7-17(8-10-19)26-23(32)20-15-21(30)28(18-5-3-2-4-6-18)24(34)29(20)27-22(31)16-11-13-25-14-12-16/h2-14,20H,15H2,1H3,(H,26,32)(H,27,31). The molecule has 2 aromatic carbocycles. The normalized spacial score (nSPS) is 15.6. The van der Waals surface area contributed by atoms with Gasteiger partial charge in [0.1, 0.15) is 11.8 Å². The second kappa shape index (κ2) is 10.1. The molecule has 1 aliphatic heterocycles. The summed E-state index contributed by atoms with van der Waals surface area (Å²) in [6.07, 6.45) is 2.77. The smallest absolute Gasteiger partial charge is 0.269 e. The first kappa shape index (κ1) is 22.9. The first-order valence-electron chi connectivity index (χ1n) is 10.3. The number of nitrogens with one attached hydrogen (secondary N) is 2. The summed E-state index contributed by atoms with van der Waals surface area (Å²) in [4.78, 5) is 44.4. The van der Waals surface area contributed by atoms with Crippen molar-refractivity contribution in [2.75, 3.05) is 17.3 Å². The average molecular weight is 476 g/mol. The molecule has 1 saturated heterocycles. The van der Waals surface area contributed by atoms with E-state index in [1.165, 1.54) is 34.4 Å². The van der Waals surface area contributed by atoms with Crippen molar-refractivity contribution < 1.29 is 19.1 Å². The van der Waals surface area contributed by atoms with Crippen molar-refractivity contribution in [2.45, 2.75) is 12.5 Å². The fourth-order valence-electron chi connectivity index (χ4n) is 3.44. The molecule has 0 radical (unpaired) electrons. The number of hydrogen-bond acceptors (Lipinski definition) is 6. The number of benzene rings is 2. The van der Waals surface area contributed by atoms with Crippen LogP contribution in [0.5, 0.6) is 5.75 Å². The molecule has 0 bridgehead atoms. The zero-order valence-corrected chi connectivity index (χ0v) is 19.0. The molecule has 3 aromatic rings. The van der Waals surface area contributed by atoms with Gasteiger partial charge in [-0.3, -0.25) is 29.7 Å². The number of hydrazine groups is 1. The summed E-state index contributed by atoms with van der Waals surface area (Å²) < 4.78 is 5.14. The van der Waals surface area contributed by atoms with Crippen LogP contribution in [0.1, 0.15) is 16.8 Å². The van der Waals surface area contributed by atoms with E-state index in [4.69, 9.17) is 17.0 Å². The van der Waals surface area contributed by atoms with E-state index in [1.807, 2.05) is 6.07 Å². The molecule has 1 aliphatic rings. The van der Waals surface area contributed by atoms with Crippen LogP contribution in [-0.4, -0.2) is 46.0 Å². The van der Waals surface area contributed by atoms with Crippen molar-refractivity contribution in [2.24, 2.45) is 0 Å². The van der Waals surface area contributed by atoms with Crippen LogP contribution in [0, 0.1) is 0 Å². The predicted octanol–water partition coefficient (Wildman–Crippen LogP) is 2.77. The Hall–Kier alpha value is -4.31. The lowest BCUT2D eigenvalue weighted by Gasteiger charge is -2.41. The Morgan fingerprint density at radius 2 is 1.71 bits per heavy atom. The predicted molar refractivity (Wildman–Crippen MR) is 130 cm³/mol. The molecule has 2 heterocycles. The first-order chi connectivity index (χ1) is 16.5. The number of anilines is 2. The molecule has 172 valence electrons. The second-order valence-electron chi connectivity index (χ2n) is 7.33. The third kappa shape index (κ3) is 4.86. The minimum absolute atomic E-state index is 0.0141. The maximum atomic E-state index is 13.2. The third-order valence-corrected chi connectivity index (χ3v) is 5.54. The van der Waals surface area contributed by atoms with Gasteiger partial charge < -0.3 is 10.1 Å². The Morgan fingerprint density at radius 1 is 1.03 bits per heavy atom. The zero-order valence-electron chi connectivity index (χ0n) is 18.2. The summed E-state index contributed by atoms with van der Waals surface area (Å²) in [5, 5.41) is 4.02. The Morgan fingerprint density at radius 3 is 2.35 bits per heavy atom. The molecule has 1 atom stereocenters. The van der Waals surface area contributed by atoms with Gasteiger partial charge in [-0.25, -0.2) is 5.01 Å². The molecule has 4 rings (SSSR count). The van der Waals surface area contributed by atoms with Gasteiger partial charge in [0.05, 0.1) is 19.2 Å². The molecule has 1 aromatic heterocycles. The van der Waals surface area contributed by atoms with Crippen LogP contribution in [0.3, 0.4) is 0 Å². The molecule has 0 spiro atoms. The van der Waals surface area contributed by atoms with Gasteiger partial charge in [0.25, 0.3) is 5.91 Å². The summed E-state index contributed by atoms with van der Waals surface area (Å²) in [5.74, 6) is -0.713. The number of ether oxygens (including phenoxy) is 1. The number of aromatic nitrogens is 1. The number of hydrogen-bond donors (Lipinski definition) is 2. The Kier molecular flexibility index (Phi) is 6.79. The number of thiocarbonyl (C=S) groups is 1. The monoisotopic (exact) mass is 475 g/mol. The number of nitrogens with zero attached hydrogens (tertiary/aromatic N) is 3. The molecule has 3 amide bonds. The lowest BCUT2D eigenvalue weighted by atomic mass is 10.1. The van der Waals surface area contributed by atoms with Gasteiger partial charge >= 0.3 is 0 Å². The van der Waals surface area contributed by atoms with Gasteiger partial charge in [0.15, 0.2) is 0 Å². The van der Waals surface area contributed by atoms with Crippen molar-refractivity contribution in [1.29, 1.82) is 0 Å². The van der Waals surface area contributed by atoms with Gasteiger partial charge in [-0.1, -0.05) is 18.2 Å². The van der Waals surface area contributed by atoms with E-state index in [9.17, 15) is 14.4 Å². The fourth-order valence-corrected chi connectivity index (χ4v) is 3.82. The molecule has 0 saturated carbocycles. The van der Waals surface area contributed by atoms with Crippen molar-refractivity contribution in [3.8, 4) is 5.75 Å². The minimum atomic E-state index is -1.06. The van der Waals surface area contributed by atoms with E-state index in [1.54, 1.807) is 55.6 Å². The van der Waals surface area contributed by atoms with Crippen LogP contribution in [0.4, 0.5) is 11.4 Å². The zero-order chi connectivity index (χ0) is 24.1. The lowest BCUT2D eigenvalue weighted by molar-refractivity contribution is -0.127. The van der Waals surface area contributed by atoms with Crippen molar-refractivity contribution in [1.82, 2.24) is 15.4 Å². The summed E-state index contributed by atoms with van der Waals surface area (Å²) in [5.41, 5.74) is 4.07. The molecular weight excluding hydrogens is 454 g/mol. The largest absolute Gasteiger partial charge is 0.497 e. The lowest BCUT2D eigenvalue weighted by Crippen LogP contribution is -2.65. The Balaban J connectivity index is 1.62. The van der Waals surface area contributed by atoms with E-state index in [0.29, 0.717) is 22.7 Å². The molecular formula is C24H21N5O4S. The van der Waals surface area contributed by atoms with Crippen LogP contribution < -0.4 is 20.4 Å². The maximum Gasteiger partial charge on any atom is 0.269 e. The van der Waals surface area contributed by atoms with Gasteiger partial charge in [0.2, 0.25) is 16.9 Å². The molecule has 2 N–H and O–H groups in total. The first-order valence-corrected chi connectivity index (χ1v) is 10.8. The summed E-state index contributed by atoms with van der Waals surface area (Å²) in [7, 11) is 1.55. The Labute approximate surface area is 201 Å². The van der Waals surface area contributed by atoms with Gasteiger partial charge in [-0.15, -0.1) is 0 Å². The highest BCUT2D eigenvalue weighted by Crippen LogP contribution is 2.25. The van der Waals surface area contributed by atoms with Crippen LogP contribution >= 0.6 is 12.2 Å². The average Bonchev–Trinajstić information content (AvgIpc) is 2.87. The van der Waals surface area contributed by atoms with E-state index < -0.39 is 17.9 Å². The van der Waals surface area contributed by atoms with Crippen molar-refractivity contribution in [3.63, 3.8) is 0 Å². The number of methoxy groups -OCH3 is 1. The SMILES string of the molecule is COc1ccc(NC(=O)C2CC(=O)N(c3ccccc3)C(=S)N2NC(=O)c2ccncc2)cc1. The minimum Gasteiger partial charge on any atom is -0.497 e. The number of carbonyl (C=O) groups is 3.